The van der Waals surface area contributed by atoms with Gasteiger partial charge in [-0.25, -0.2) is 9.67 Å². The first-order valence-corrected chi connectivity index (χ1v) is 9.65. The van der Waals surface area contributed by atoms with E-state index in [0.29, 0.717) is 10.8 Å². The Balaban J connectivity index is 1.57. The van der Waals surface area contributed by atoms with E-state index in [1.165, 1.54) is 46.5 Å². The first-order chi connectivity index (χ1) is 14.5. The Morgan fingerprint density at radius 3 is 2.87 bits per heavy atom. The average molecular weight is 431 g/mol. The van der Waals surface area contributed by atoms with Crippen LogP contribution in [0.4, 0.5) is 10.8 Å². The maximum atomic E-state index is 12.3. The predicted octanol–water partition coefficient (Wildman–Crippen LogP) is 2.64. The van der Waals surface area contributed by atoms with Gasteiger partial charge in [0.2, 0.25) is 0 Å². The third-order valence-electron chi connectivity index (χ3n) is 3.69. The quantitative estimate of drug-likeness (QED) is 0.310. The van der Waals surface area contributed by atoms with Crippen LogP contribution in [0, 0.1) is 10.1 Å². The lowest BCUT2D eigenvalue weighted by atomic mass is 10.3. The van der Waals surface area contributed by atoms with Gasteiger partial charge in [0.15, 0.2) is 23.3 Å². The van der Waals surface area contributed by atoms with Crippen LogP contribution in [0.15, 0.2) is 41.9 Å². The number of para-hydroxylation sites is 2. The number of nitro benzene ring substituents is 1. The number of nitrogens with one attached hydrogen (secondary N) is 1. The highest BCUT2D eigenvalue weighted by atomic mass is 32.1. The summed E-state index contributed by atoms with van der Waals surface area (Å²) in [5.74, 6) is -0.782. The van der Waals surface area contributed by atoms with Crippen LogP contribution >= 0.6 is 11.3 Å². The van der Waals surface area contributed by atoms with Crippen molar-refractivity contribution in [1.82, 2.24) is 14.8 Å². The molecule has 30 heavy (non-hydrogen) atoms. The van der Waals surface area contributed by atoms with Crippen molar-refractivity contribution >= 4 is 34.0 Å². The Morgan fingerprint density at radius 1 is 1.30 bits per heavy atom. The van der Waals surface area contributed by atoms with Crippen LogP contribution in [0.1, 0.15) is 23.1 Å². The molecule has 0 saturated heterocycles. The smallest absolute Gasteiger partial charge is 0.311 e. The number of hydrogen-bond donors (Lipinski definition) is 1. The van der Waals surface area contributed by atoms with Gasteiger partial charge < -0.3 is 9.47 Å². The monoisotopic (exact) mass is 431 g/mol. The van der Waals surface area contributed by atoms with Gasteiger partial charge >= 0.3 is 11.7 Å². The van der Waals surface area contributed by atoms with Crippen molar-refractivity contribution in [2.24, 2.45) is 0 Å². The summed E-state index contributed by atoms with van der Waals surface area (Å²) >= 11 is 1.18. The molecule has 156 valence electrons. The molecule has 2 heterocycles. The summed E-state index contributed by atoms with van der Waals surface area (Å²) in [4.78, 5) is 38.5. The van der Waals surface area contributed by atoms with Gasteiger partial charge in [0.05, 0.1) is 23.6 Å². The van der Waals surface area contributed by atoms with Crippen molar-refractivity contribution in [2.75, 3.05) is 11.9 Å². The Kier molecular flexibility index (Phi) is 6.70. The minimum Gasteiger partial charge on any atom is -0.466 e. The minimum absolute atomic E-state index is 0.0256. The molecule has 0 spiro atoms. The van der Waals surface area contributed by atoms with E-state index in [9.17, 15) is 19.7 Å². The molecule has 0 atom stereocenters. The van der Waals surface area contributed by atoms with E-state index in [4.69, 9.17) is 9.47 Å². The Labute approximate surface area is 174 Å². The normalized spacial score (nSPS) is 10.4. The molecule has 0 bridgehead atoms. The van der Waals surface area contributed by atoms with Gasteiger partial charge in [0.25, 0.3) is 5.91 Å². The number of carbonyl (C=O) groups is 2. The number of carbonyl (C=O) groups excluding carboxylic acids is 2. The molecule has 0 unspecified atom stereocenters. The maximum absolute atomic E-state index is 12.3. The molecule has 0 aliphatic rings. The summed E-state index contributed by atoms with van der Waals surface area (Å²) in [5, 5.41) is 19.7. The van der Waals surface area contributed by atoms with E-state index in [2.05, 4.69) is 15.4 Å². The van der Waals surface area contributed by atoms with Crippen molar-refractivity contribution in [3.05, 3.63) is 63.4 Å². The topological polar surface area (TPSA) is 138 Å². The summed E-state index contributed by atoms with van der Waals surface area (Å²) in [6.07, 6.45) is 1.54. The Morgan fingerprint density at radius 2 is 2.10 bits per heavy atom. The summed E-state index contributed by atoms with van der Waals surface area (Å²) in [7, 11) is 0. The van der Waals surface area contributed by atoms with Gasteiger partial charge in [-0.05, 0) is 19.1 Å². The number of hydrogen-bond acceptors (Lipinski definition) is 9. The van der Waals surface area contributed by atoms with Gasteiger partial charge in [0, 0.05) is 17.6 Å². The molecule has 3 rings (SSSR count). The molecular formula is C18H17N5O6S. The van der Waals surface area contributed by atoms with E-state index >= 15 is 0 Å². The highest BCUT2D eigenvalue weighted by Crippen LogP contribution is 2.26. The maximum Gasteiger partial charge on any atom is 0.311 e. The van der Waals surface area contributed by atoms with Gasteiger partial charge in [0.1, 0.15) is 0 Å². The van der Waals surface area contributed by atoms with Crippen molar-refractivity contribution in [3.8, 4) is 5.75 Å². The standard InChI is InChI=1S/C18H17N5O6S/c1-2-28-16(24)9-12-10-30-18(19-12)20-17(25)13-7-8-22(21-13)11-29-15-6-4-3-5-14(15)23(26)27/h3-8,10H,2,9,11H2,1H3,(H,19,20,25). The molecule has 1 aromatic carbocycles. The fourth-order valence-electron chi connectivity index (χ4n) is 2.39. The third kappa shape index (κ3) is 5.38. The fraction of sp³-hybridized carbons (Fsp3) is 0.222. The van der Waals surface area contributed by atoms with Crippen LogP contribution in [0.25, 0.3) is 0 Å². The number of rotatable bonds is 9. The second-order valence-corrected chi connectivity index (χ2v) is 6.68. The molecule has 1 N–H and O–H groups in total. The molecule has 2 aromatic heterocycles. The number of ether oxygens (including phenoxy) is 2. The van der Waals surface area contributed by atoms with Crippen molar-refractivity contribution in [2.45, 2.75) is 20.1 Å². The van der Waals surface area contributed by atoms with E-state index in [-0.39, 0.29) is 36.9 Å². The first-order valence-electron chi connectivity index (χ1n) is 8.77. The zero-order chi connectivity index (χ0) is 21.5. The van der Waals surface area contributed by atoms with Crippen LogP contribution < -0.4 is 10.1 Å². The molecule has 11 nitrogen and oxygen atoms in total. The predicted molar refractivity (Wildman–Crippen MR) is 106 cm³/mol. The number of nitrogens with zero attached hydrogens (tertiary/aromatic N) is 4. The molecule has 1 amide bonds. The average Bonchev–Trinajstić information content (AvgIpc) is 3.36. The van der Waals surface area contributed by atoms with Crippen LogP contribution in [0.2, 0.25) is 0 Å². The SMILES string of the molecule is CCOC(=O)Cc1csc(NC(=O)c2ccn(COc3ccccc3[N+](=O)[O-])n2)n1. The van der Waals surface area contributed by atoms with Gasteiger partial charge in [-0.1, -0.05) is 12.1 Å². The van der Waals surface area contributed by atoms with E-state index in [1.54, 1.807) is 18.4 Å². The van der Waals surface area contributed by atoms with Gasteiger partial charge in [-0.2, -0.15) is 5.10 Å². The fourth-order valence-corrected chi connectivity index (χ4v) is 3.09. The summed E-state index contributed by atoms with van der Waals surface area (Å²) in [5.41, 5.74) is 0.449. The zero-order valence-electron chi connectivity index (χ0n) is 15.8. The number of benzene rings is 1. The van der Waals surface area contributed by atoms with Crippen LogP contribution in [-0.4, -0.2) is 38.2 Å². The van der Waals surface area contributed by atoms with E-state index in [1.807, 2.05) is 0 Å². The van der Waals surface area contributed by atoms with Crippen LogP contribution in [0.3, 0.4) is 0 Å². The summed E-state index contributed by atoms with van der Waals surface area (Å²) in [6, 6.07) is 7.45. The molecule has 0 saturated carbocycles. The lowest BCUT2D eigenvalue weighted by molar-refractivity contribution is -0.386. The van der Waals surface area contributed by atoms with E-state index < -0.39 is 16.8 Å². The van der Waals surface area contributed by atoms with Gasteiger partial charge in [-0.3, -0.25) is 25.0 Å². The van der Waals surface area contributed by atoms with E-state index in [0.717, 1.165) is 0 Å². The molecule has 0 aliphatic carbocycles. The van der Waals surface area contributed by atoms with Crippen LogP contribution in [-0.2, 0) is 22.7 Å². The van der Waals surface area contributed by atoms with Crippen molar-refractivity contribution in [3.63, 3.8) is 0 Å². The second-order valence-electron chi connectivity index (χ2n) is 5.82. The molecule has 3 aromatic rings. The summed E-state index contributed by atoms with van der Waals surface area (Å²) < 4.78 is 11.6. The number of nitro groups is 1. The Hall–Kier alpha value is -3.80. The van der Waals surface area contributed by atoms with Crippen molar-refractivity contribution in [1.29, 1.82) is 0 Å². The lowest BCUT2D eigenvalue weighted by Crippen LogP contribution is -2.14. The zero-order valence-corrected chi connectivity index (χ0v) is 16.6. The van der Waals surface area contributed by atoms with Crippen LogP contribution in [0.5, 0.6) is 5.75 Å². The number of anilines is 1. The number of esters is 1. The molecule has 0 aliphatic heterocycles. The molecule has 12 heteroatoms. The number of aromatic nitrogens is 3. The minimum atomic E-state index is -0.540. The second kappa shape index (κ2) is 9.60. The molecule has 0 radical (unpaired) electrons. The number of thiazole rings is 1. The molecular weight excluding hydrogens is 414 g/mol. The van der Waals surface area contributed by atoms with Crippen molar-refractivity contribution < 1.29 is 24.0 Å². The van der Waals surface area contributed by atoms with Gasteiger partial charge in [-0.15, -0.1) is 11.3 Å². The largest absolute Gasteiger partial charge is 0.466 e. The lowest BCUT2D eigenvalue weighted by Gasteiger charge is -2.06. The third-order valence-corrected chi connectivity index (χ3v) is 4.50. The Bertz CT molecular complexity index is 1060. The first kappa shape index (κ1) is 20.9. The molecule has 0 fully saturated rings. The highest BCUT2D eigenvalue weighted by Gasteiger charge is 2.16. The highest BCUT2D eigenvalue weighted by molar-refractivity contribution is 7.14. The number of amides is 1. The summed E-state index contributed by atoms with van der Waals surface area (Å²) in [6.45, 7) is 1.89.